The summed E-state index contributed by atoms with van der Waals surface area (Å²) < 4.78 is 0. The SMILES string of the molecule is [B]NC(C)C(=O)NC1CC2(CS/C=C\NC(=O)CNC(=O)C(CC(N)=O)NC2=O)NC(=O)C(CO)NC(=O)C(C(C)CC)NC1=O. The molecule has 1 spiro atoms. The van der Waals surface area contributed by atoms with Gasteiger partial charge in [0.25, 0.3) is 0 Å². The van der Waals surface area contributed by atoms with Crippen LogP contribution in [0.5, 0.6) is 0 Å². The van der Waals surface area contributed by atoms with E-state index in [1.807, 2.05) is 0 Å². The van der Waals surface area contributed by atoms with Crippen LogP contribution in [0.1, 0.15) is 40.0 Å². The number of thioether (sulfide) groups is 1. The predicted molar refractivity (Wildman–Crippen MR) is 165 cm³/mol. The summed E-state index contributed by atoms with van der Waals surface area (Å²) in [5.74, 6) is -8.04. The minimum absolute atomic E-state index is 0.382. The van der Waals surface area contributed by atoms with Crippen LogP contribution in [-0.4, -0.2) is 115 Å². The summed E-state index contributed by atoms with van der Waals surface area (Å²) in [6, 6.07) is -7.06. The number of carbonyl (C=O) groups is 8. The lowest BCUT2D eigenvalue weighted by Gasteiger charge is -2.37. The fourth-order valence-corrected chi connectivity index (χ4v) is 5.31. The van der Waals surface area contributed by atoms with Crippen molar-refractivity contribution < 1.29 is 43.5 Å². The first kappa shape index (κ1) is 38.0. The number of amides is 8. The van der Waals surface area contributed by atoms with E-state index in [9.17, 15) is 43.5 Å². The van der Waals surface area contributed by atoms with Gasteiger partial charge in [0.15, 0.2) is 7.98 Å². The van der Waals surface area contributed by atoms with Crippen molar-refractivity contribution in [3.63, 3.8) is 0 Å². The standard InChI is InChI=1S/C26H40BN9O9S/c1-4-12(2)19-24(44)32-16(10-37)23(43)35-26(8-15(22(42)34-19)31-20(40)13(3)36-27)11-46-6-5-29-18(39)9-30-21(41)14(7-17(28)38)33-25(26)45/h5-6,12-16,19,36-37H,4,7-11H2,1-3H3,(H2,28,38)(H,29,39)(H,30,41)(H,31,40)(H,32,44)(H,33,45)(H,34,42)(H,35,43)/b6-5-. The number of nitrogens with one attached hydrogen (secondary N) is 8. The average Bonchev–Trinajstić information content (AvgIpc) is 3.02. The van der Waals surface area contributed by atoms with Gasteiger partial charge in [-0.1, -0.05) is 20.3 Å². The second-order valence-corrected chi connectivity index (χ2v) is 11.8. The Kier molecular flexibility index (Phi) is 14.5. The molecule has 2 aliphatic rings. The highest BCUT2D eigenvalue weighted by atomic mass is 32.2. The van der Waals surface area contributed by atoms with E-state index in [-0.39, 0.29) is 5.75 Å². The van der Waals surface area contributed by atoms with Crippen molar-refractivity contribution in [3.05, 3.63) is 11.6 Å². The summed E-state index contributed by atoms with van der Waals surface area (Å²) in [5, 5.41) is 30.7. The number of hydrogen-bond donors (Lipinski definition) is 10. The first-order valence-corrected chi connectivity index (χ1v) is 15.5. The van der Waals surface area contributed by atoms with E-state index >= 15 is 0 Å². The highest BCUT2D eigenvalue weighted by Crippen LogP contribution is 2.24. The number of aliphatic hydroxyl groups is 1. The third-order valence-electron chi connectivity index (χ3n) is 7.42. The molecule has 0 aromatic rings. The number of carbonyl (C=O) groups excluding carboxylic acids is 8. The molecule has 11 N–H and O–H groups in total. The summed E-state index contributed by atoms with van der Waals surface area (Å²) in [5.41, 5.74) is 3.13. The zero-order valence-electron chi connectivity index (χ0n) is 25.6. The molecule has 7 atom stereocenters. The highest BCUT2D eigenvalue weighted by Gasteiger charge is 2.47. The lowest BCUT2D eigenvalue weighted by atomic mass is 9.89. The van der Waals surface area contributed by atoms with E-state index in [1.54, 1.807) is 13.8 Å². The van der Waals surface area contributed by atoms with Crippen molar-refractivity contribution in [2.24, 2.45) is 11.7 Å². The van der Waals surface area contributed by atoms with Crippen LogP contribution in [-0.2, 0) is 38.4 Å². The monoisotopic (exact) mass is 665 g/mol. The molecule has 1 fully saturated rings. The summed E-state index contributed by atoms with van der Waals surface area (Å²) in [6.07, 6.45) is 0.261. The van der Waals surface area contributed by atoms with Crippen LogP contribution in [0.3, 0.4) is 0 Å². The maximum Gasteiger partial charge on any atom is 0.247 e. The van der Waals surface area contributed by atoms with Crippen LogP contribution >= 0.6 is 11.8 Å². The van der Waals surface area contributed by atoms with E-state index < -0.39 is 115 Å². The fraction of sp³-hybridized carbons (Fsp3) is 0.615. The zero-order chi connectivity index (χ0) is 34.6. The molecule has 2 aliphatic heterocycles. The third-order valence-corrected chi connectivity index (χ3v) is 8.41. The zero-order valence-corrected chi connectivity index (χ0v) is 26.5. The Labute approximate surface area is 270 Å². The Bertz CT molecular complexity index is 1240. The maximum atomic E-state index is 14.2. The third kappa shape index (κ3) is 10.4. The lowest BCUT2D eigenvalue weighted by Crippen LogP contribution is -2.68. The molecule has 0 bridgehead atoms. The van der Waals surface area contributed by atoms with Crippen LogP contribution in [0, 0.1) is 5.92 Å². The Hall–Kier alpha value is -4.17. The lowest BCUT2D eigenvalue weighted by molar-refractivity contribution is -0.139. The van der Waals surface area contributed by atoms with Gasteiger partial charge in [-0.25, -0.2) is 0 Å². The number of primary amides is 1. The van der Waals surface area contributed by atoms with Gasteiger partial charge in [-0.3, -0.25) is 38.4 Å². The maximum absolute atomic E-state index is 14.2. The largest absolute Gasteiger partial charge is 0.394 e. The minimum atomic E-state index is -2.18. The smallest absolute Gasteiger partial charge is 0.247 e. The Morgan fingerprint density at radius 3 is 2.37 bits per heavy atom. The highest BCUT2D eigenvalue weighted by molar-refractivity contribution is 8.02. The number of nitrogens with two attached hydrogens (primary N) is 1. The summed E-state index contributed by atoms with van der Waals surface area (Å²) >= 11 is 0.894. The van der Waals surface area contributed by atoms with Crippen LogP contribution < -0.4 is 48.2 Å². The average molecular weight is 666 g/mol. The minimum Gasteiger partial charge on any atom is -0.394 e. The van der Waals surface area contributed by atoms with Gasteiger partial charge >= 0.3 is 0 Å². The second kappa shape index (κ2) is 17.5. The van der Waals surface area contributed by atoms with Crippen molar-refractivity contribution in [2.75, 3.05) is 18.9 Å². The molecule has 8 amide bonds. The van der Waals surface area contributed by atoms with E-state index in [1.165, 1.54) is 18.5 Å². The molecule has 252 valence electrons. The van der Waals surface area contributed by atoms with Crippen molar-refractivity contribution in [3.8, 4) is 0 Å². The van der Waals surface area contributed by atoms with Gasteiger partial charge in [0.05, 0.1) is 25.6 Å². The predicted octanol–water partition coefficient (Wildman–Crippen LogP) is -5.39. The van der Waals surface area contributed by atoms with Gasteiger partial charge in [0.1, 0.15) is 29.7 Å². The molecule has 2 rings (SSSR count). The number of rotatable bonds is 8. The number of hydrogen-bond acceptors (Lipinski definition) is 11. The molecule has 18 nitrogen and oxygen atoms in total. The molecule has 2 radical (unpaired) electrons. The molecule has 46 heavy (non-hydrogen) atoms. The molecule has 2 heterocycles. The van der Waals surface area contributed by atoms with E-state index in [2.05, 4.69) is 42.4 Å². The normalized spacial score (nSPS) is 28.9. The molecule has 0 saturated carbocycles. The molecular formula is C26H40BN9O9S. The van der Waals surface area contributed by atoms with Crippen molar-refractivity contribution >= 4 is 67.0 Å². The quantitative estimate of drug-likeness (QED) is 0.109. The molecule has 20 heteroatoms. The Balaban J connectivity index is 2.78. The second-order valence-electron chi connectivity index (χ2n) is 10.9. The van der Waals surface area contributed by atoms with Crippen LogP contribution in [0.25, 0.3) is 0 Å². The van der Waals surface area contributed by atoms with E-state index in [0.717, 1.165) is 11.8 Å². The van der Waals surface area contributed by atoms with Gasteiger partial charge in [-0.15, -0.1) is 11.8 Å². The first-order chi connectivity index (χ1) is 21.7. The molecule has 0 aliphatic carbocycles. The van der Waals surface area contributed by atoms with Crippen LogP contribution in [0.2, 0.25) is 0 Å². The van der Waals surface area contributed by atoms with Crippen LogP contribution in [0.15, 0.2) is 11.6 Å². The van der Waals surface area contributed by atoms with Gasteiger partial charge in [-0.05, 0) is 18.2 Å². The van der Waals surface area contributed by atoms with Crippen LogP contribution in [0.4, 0.5) is 0 Å². The van der Waals surface area contributed by atoms with Gasteiger partial charge < -0.3 is 53.3 Å². The summed E-state index contributed by atoms with van der Waals surface area (Å²) in [7, 11) is 5.40. The molecule has 1 saturated heterocycles. The summed E-state index contributed by atoms with van der Waals surface area (Å²) in [4.78, 5) is 105. The van der Waals surface area contributed by atoms with Gasteiger partial charge in [0.2, 0.25) is 47.3 Å². The number of aliphatic hydroxyl groups excluding tert-OH is 1. The molecule has 0 aromatic carbocycles. The van der Waals surface area contributed by atoms with Crippen molar-refractivity contribution in [1.82, 2.24) is 42.4 Å². The van der Waals surface area contributed by atoms with Crippen molar-refractivity contribution in [2.45, 2.75) is 75.8 Å². The van der Waals surface area contributed by atoms with E-state index in [0.29, 0.717) is 6.42 Å². The Morgan fingerprint density at radius 2 is 1.76 bits per heavy atom. The van der Waals surface area contributed by atoms with Gasteiger partial charge in [0, 0.05) is 18.4 Å². The topological polar surface area (TPSA) is 279 Å². The van der Waals surface area contributed by atoms with Crippen molar-refractivity contribution in [1.29, 1.82) is 0 Å². The van der Waals surface area contributed by atoms with Gasteiger partial charge in [-0.2, -0.15) is 0 Å². The fourth-order valence-electron chi connectivity index (χ4n) is 4.44. The van der Waals surface area contributed by atoms with E-state index in [4.69, 9.17) is 13.7 Å². The molecule has 0 aromatic heterocycles. The molecular weight excluding hydrogens is 625 g/mol. The molecule has 7 unspecified atom stereocenters. The first-order valence-electron chi connectivity index (χ1n) is 14.4. The summed E-state index contributed by atoms with van der Waals surface area (Å²) in [6.45, 7) is 3.41. The Morgan fingerprint density at radius 1 is 1.07 bits per heavy atom.